The van der Waals surface area contributed by atoms with Crippen LogP contribution in [0.3, 0.4) is 0 Å². The highest BCUT2D eigenvalue weighted by molar-refractivity contribution is 7.89. The van der Waals surface area contributed by atoms with Gasteiger partial charge in [0.05, 0.1) is 16.3 Å². The van der Waals surface area contributed by atoms with Crippen molar-refractivity contribution in [3.05, 3.63) is 18.2 Å². The van der Waals surface area contributed by atoms with Crippen LogP contribution in [0.1, 0.15) is 32.1 Å². The summed E-state index contributed by atoms with van der Waals surface area (Å²) in [6.07, 6.45) is 4.59. The molecule has 1 fully saturated rings. The van der Waals surface area contributed by atoms with Crippen LogP contribution >= 0.6 is 0 Å². The van der Waals surface area contributed by atoms with Crippen molar-refractivity contribution in [2.45, 2.75) is 42.7 Å². The summed E-state index contributed by atoms with van der Waals surface area (Å²) < 4.78 is 23.8. The Hall–Kier alpha value is -2.33. The third-order valence-corrected chi connectivity index (χ3v) is 5.76. The molecule has 1 saturated carbocycles. The molecule has 26 heavy (non-hydrogen) atoms. The summed E-state index contributed by atoms with van der Waals surface area (Å²) in [6, 6.07) is 4.72. The van der Waals surface area contributed by atoms with Crippen molar-refractivity contribution in [3.63, 3.8) is 0 Å². The Morgan fingerprint density at radius 2 is 1.81 bits per heavy atom. The molecule has 2 aliphatic rings. The number of aliphatic imine (C=N–C) groups is 2. The molecular formula is C16H25N7O2S. The molecule has 1 aliphatic heterocycles. The molecule has 1 heterocycles. The van der Waals surface area contributed by atoms with Gasteiger partial charge in [0.25, 0.3) is 0 Å². The fourth-order valence-corrected chi connectivity index (χ4v) is 4.24. The number of guanidine groups is 2. The van der Waals surface area contributed by atoms with Gasteiger partial charge < -0.3 is 16.4 Å². The van der Waals surface area contributed by atoms with Gasteiger partial charge in [-0.25, -0.2) is 18.5 Å². The number of nitrogens with zero attached hydrogens (tertiary/aromatic N) is 4. The summed E-state index contributed by atoms with van der Waals surface area (Å²) >= 11 is 0. The van der Waals surface area contributed by atoms with E-state index in [2.05, 4.69) is 9.98 Å². The minimum atomic E-state index is -3.86. The molecule has 0 atom stereocenters. The molecule has 0 saturated heterocycles. The Kier molecular flexibility index (Phi) is 4.57. The van der Waals surface area contributed by atoms with E-state index in [1.165, 1.54) is 12.1 Å². The highest BCUT2D eigenvalue weighted by Gasteiger charge is 2.43. The van der Waals surface area contributed by atoms with Gasteiger partial charge in [-0.1, -0.05) is 6.42 Å². The lowest BCUT2D eigenvalue weighted by atomic mass is 9.87. The number of primary sulfonamides is 1. The van der Waals surface area contributed by atoms with Gasteiger partial charge in [0.1, 0.15) is 5.66 Å². The second-order valence-corrected chi connectivity index (χ2v) is 8.47. The maximum Gasteiger partial charge on any atom is 0.238 e. The lowest BCUT2D eigenvalue weighted by molar-refractivity contribution is 0.305. The summed E-state index contributed by atoms with van der Waals surface area (Å²) in [5.74, 6) is 0.351. The Labute approximate surface area is 153 Å². The molecule has 6 N–H and O–H groups in total. The monoisotopic (exact) mass is 379 g/mol. The third-order valence-electron chi connectivity index (χ3n) is 4.85. The molecule has 0 unspecified atom stereocenters. The zero-order valence-electron chi connectivity index (χ0n) is 15.0. The quantitative estimate of drug-likeness (QED) is 0.698. The first-order valence-electron chi connectivity index (χ1n) is 8.48. The normalized spacial score (nSPS) is 19.9. The average Bonchev–Trinajstić information content (AvgIpc) is 2.53. The molecule has 10 heteroatoms. The fourth-order valence-electron chi connectivity index (χ4n) is 3.71. The third kappa shape index (κ3) is 3.21. The molecule has 142 valence electrons. The average molecular weight is 379 g/mol. The van der Waals surface area contributed by atoms with Crippen molar-refractivity contribution in [3.8, 4) is 0 Å². The van der Waals surface area contributed by atoms with Gasteiger partial charge in [-0.05, 0) is 43.9 Å². The number of anilines is 2. The minimum Gasteiger partial charge on any atom is -0.376 e. The number of hydrogen-bond acceptors (Lipinski definition) is 8. The van der Waals surface area contributed by atoms with E-state index in [4.69, 9.17) is 16.6 Å². The van der Waals surface area contributed by atoms with Crippen LogP contribution in [0.5, 0.6) is 0 Å². The predicted molar refractivity (Wildman–Crippen MR) is 104 cm³/mol. The second-order valence-electron chi connectivity index (χ2n) is 6.91. The molecule has 0 bridgehead atoms. The van der Waals surface area contributed by atoms with E-state index in [1.54, 1.807) is 6.07 Å². The lowest BCUT2D eigenvalue weighted by Gasteiger charge is -2.46. The largest absolute Gasteiger partial charge is 0.376 e. The summed E-state index contributed by atoms with van der Waals surface area (Å²) in [5, 5.41) is 5.34. The minimum absolute atomic E-state index is 0.0133. The van der Waals surface area contributed by atoms with Crippen LogP contribution in [0.4, 0.5) is 11.4 Å². The van der Waals surface area contributed by atoms with Crippen LogP contribution in [-0.2, 0) is 10.0 Å². The maximum absolute atomic E-state index is 11.9. The molecule has 3 rings (SSSR count). The smallest absolute Gasteiger partial charge is 0.238 e. The van der Waals surface area contributed by atoms with Crippen LogP contribution in [-0.4, -0.2) is 40.1 Å². The van der Waals surface area contributed by atoms with Crippen LogP contribution in [0.25, 0.3) is 0 Å². The van der Waals surface area contributed by atoms with E-state index < -0.39 is 15.7 Å². The fraction of sp³-hybridized carbons (Fsp3) is 0.500. The zero-order valence-corrected chi connectivity index (χ0v) is 15.8. The molecular weight excluding hydrogens is 354 g/mol. The maximum atomic E-state index is 11.9. The number of rotatable bonds is 3. The SMILES string of the molecule is CN(C)c1ccc(S(N)(=O)=O)cc1N1C(N)=NC(N)=NC12CCCCC2. The van der Waals surface area contributed by atoms with Crippen LogP contribution in [0, 0.1) is 0 Å². The van der Waals surface area contributed by atoms with Gasteiger partial charge in [0.2, 0.25) is 21.9 Å². The number of benzene rings is 1. The highest BCUT2D eigenvalue weighted by Crippen LogP contribution is 2.43. The molecule has 9 nitrogen and oxygen atoms in total. The second kappa shape index (κ2) is 6.44. The number of hydrogen-bond donors (Lipinski definition) is 3. The van der Waals surface area contributed by atoms with Crippen molar-refractivity contribution >= 4 is 33.3 Å². The summed E-state index contributed by atoms with van der Waals surface area (Å²) in [5.41, 5.74) is 12.9. The molecule has 0 radical (unpaired) electrons. The Morgan fingerprint density at radius 1 is 1.15 bits per heavy atom. The van der Waals surface area contributed by atoms with E-state index >= 15 is 0 Å². The van der Waals surface area contributed by atoms with Crippen molar-refractivity contribution in [2.24, 2.45) is 26.6 Å². The molecule has 1 aromatic rings. The Balaban J connectivity index is 2.23. The molecule has 0 amide bonds. The first-order chi connectivity index (χ1) is 12.1. The van der Waals surface area contributed by atoms with Crippen LogP contribution in [0.2, 0.25) is 0 Å². The zero-order chi connectivity index (χ0) is 19.1. The van der Waals surface area contributed by atoms with Crippen molar-refractivity contribution < 1.29 is 8.42 Å². The first kappa shape index (κ1) is 18.5. The predicted octanol–water partition coefficient (Wildman–Crippen LogP) is 0.510. The molecule has 1 aromatic carbocycles. The topological polar surface area (TPSA) is 143 Å². The number of sulfonamides is 1. The van der Waals surface area contributed by atoms with Gasteiger partial charge in [0.15, 0.2) is 0 Å². The summed E-state index contributed by atoms with van der Waals surface area (Å²) in [4.78, 5) is 12.5. The Morgan fingerprint density at radius 3 is 2.38 bits per heavy atom. The van der Waals surface area contributed by atoms with Crippen molar-refractivity contribution in [2.75, 3.05) is 23.9 Å². The van der Waals surface area contributed by atoms with E-state index in [9.17, 15) is 8.42 Å². The molecule has 1 aliphatic carbocycles. The van der Waals surface area contributed by atoms with E-state index in [0.717, 1.165) is 37.8 Å². The Bertz CT molecular complexity index is 871. The standard InChI is InChI=1S/C16H25N7O2S/c1-22(2)12-7-6-11(26(19,24)25)10-13(12)23-15(18)20-14(17)21-16(23)8-4-3-5-9-16/h6-7,10H,3-5,8-9H2,1-2H3,(H2,19,24,25)(H4,17,18,20,21). The molecule has 0 aromatic heterocycles. The van der Waals surface area contributed by atoms with Crippen LogP contribution in [0.15, 0.2) is 33.1 Å². The van der Waals surface area contributed by atoms with Gasteiger partial charge in [-0.2, -0.15) is 4.99 Å². The first-order valence-corrected chi connectivity index (χ1v) is 10.0. The van der Waals surface area contributed by atoms with E-state index in [-0.39, 0.29) is 16.8 Å². The summed E-state index contributed by atoms with van der Waals surface area (Å²) in [7, 11) is -0.118. The van der Waals surface area contributed by atoms with Crippen molar-refractivity contribution in [1.29, 1.82) is 0 Å². The van der Waals surface area contributed by atoms with E-state index in [1.807, 2.05) is 23.9 Å². The van der Waals surface area contributed by atoms with Gasteiger partial charge in [-0.3, -0.25) is 4.90 Å². The van der Waals surface area contributed by atoms with Gasteiger partial charge >= 0.3 is 0 Å². The van der Waals surface area contributed by atoms with Gasteiger partial charge in [-0.15, -0.1) is 0 Å². The number of nitrogens with two attached hydrogens (primary N) is 3. The summed E-state index contributed by atoms with van der Waals surface area (Å²) in [6.45, 7) is 0. The van der Waals surface area contributed by atoms with Gasteiger partial charge in [0, 0.05) is 14.1 Å². The van der Waals surface area contributed by atoms with E-state index in [0.29, 0.717) is 5.69 Å². The lowest BCUT2D eigenvalue weighted by Crippen LogP contribution is -2.58. The highest BCUT2D eigenvalue weighted by atomic mass is 32.2. The van der Waals surface area contributed by atoms with Crippen LogP contribution < -0.4 is 26.4 Å². The van der Waals surface area contributed by atoms with Crippen molar-refractivity contribution in [1.82, 2.24) is 0 Å². The molecule has 1 spiro atoms.